The number of carbonyl (C=O) groups excluding carboxylic acids is 3. The first-order valence-corrected chi connectivity index (χ1v) is 14.3. The number of amides is 3. The molecule has 1 fully saturated rings. The molecule has 41 heavy (non-hydrogen) atoms. The van der Waals surface area contributed by atoms with Crippen LogP contribution in [-0.4, -0.2) is 46.8 Å². The summed E-state index contributed by atoms with van der Waals surface area (Å²) in [4.78, 5) is 57.0. The number of H-pyrrole nitrogens is 1. The summed E-state index contributed by atoms with van der Waals surface area (Å²) >= 11 is 2.18. The van der Waals surface area contributed by atoms with Crippen LogP contribution in [0.5, 0.6) is 17.2 Å². The number of nitrogens with one attached hydrogen (secondary N) is 2. The van der Waals surface area contributed by atoms with Crippen LogP contribution in [0.4, 0.5) is 11.4 Å². The molecule has 12 heteroatoms. The van der Waals surface area contributed by atoms with Crippen molar-refractivity contribution in [2.75, 3.05) is 23.9 Å². The second-order valence-corrected chi connectivity index (χ2v) is 11.5. The number of carbonyl (C=O) groups is 3. The molecule has 6 rings (SSSR count). The number of phenols is 1. The lowest BCUT2D eigenvalue weighted by atomic mass is 9.82. The Hall–Kier alpha value is -4.55. The number of imide groups is 1. The number of benzene rings is 3. The zero-order valence-electron chi connectivity index (χ0n) is 21.5. The molecule has 3 amide bonds. The van der Waals surface area contributed by atoms with Gasteiger partial charge >= 0.3 is 4.87 Å². The Labute approximate surface area is 241 Å². The number of hydrogen-bond acceptors (Lipinski definition) is 9. The number of hydrogen-bond donors (Lipinski definition) is 3. The number of para-hydroxylation sites is 1. The number of ether oxygens (including phenoxy) is 2. The largest absolute Gasteiger partial charge is 0.508 e. The predicted molar refractivity (Wildman–Crippen MR) is 154 cm³/mol. The van der Waals surface area contributed by atoms with Gasteiger partial charge in [0, 0.05) is 22.0 Å². The molecule has 3 heterocycles. The zero-order chi connectivity index (χ0) is 28.7. The number of aromatic nitrogens is 1. The number of fused-ring (bicyclic) bond motifs is 2. The van der Waals surface area contributed by atoms with Crippen molar-refractivity contribution < 1.29 is 29.0 Å². The lowest BCUT2D eigenvalue weighted by Gasteiger charge is -2.30. The predicted octanol–water partition coefficient (Wildman–Crippen LogP) is 3.96. The van der Waals surface area contributed by atoms with Gasteiger partial charge in [0.05, 0.1) is 23.7 Å². The van der Waals surface area contributed by atoms with E-state index in [1.807, 2.05) is 0 Å². The molecule has 2 aliphatic heterocycles. The highest BCUT2D eigenvalue weighted by Crippen LogP contribution is 2.54. The fourth-order valence-corrected chi connectivity index (χ4v) is 7.60. The fourth-order valence-electron chi connectivity index (χ4n) is 5.09. The van der Waals surface area contributed by atoms with Crippen molar-refractivity contribution in [2.24, 2.45) is 5.92 Å². The van der Waals surface area contributed by atoms with Crippen molar-refractivity contribution in [3.05, 3.63) is 92.9 Å². The van der Waals surface area contributed by atoms with Crippen LogP contribution in [-0.2, 0) is 14.4 Å². The van der Waals surface area contributed by atoms with E-state index in [2.05, 4.69) is 10.3 Å². The van der Waals surface area contributed by atoms with Crippen LogP contribution in [0.3, 0.4) is 0 Å². The molecule has 208 valence electrons. The van der Waals surface area contributed by atoms with Gasteiger partial charge in [0.2, 0.25) is 11.8 Å². The molecule has 1 saturated heterocycles. The molecule has 4 aromatic rings. The van der Waals surface area contributed by atoms with Crippen molar-refractivity contribution in [2.45, 2.75) is 16.2 Å². The number of rotatable bonds is 7. The summed E-state index contributed by atoms with van der Waals surface area (Å²) in [5.74, 6) is -1.60. The van der Waals surface area contributed by atoms with Gasteiger partial charge in [-0.3, -0.25) is 19.2 Å². The molecule has 2 aliphatic rings. The van der Waals surface area contributed by atoms with E-state index >= 15 is 0 Å². The standard InChI is InChI=1S/C29H23N3O7S2/c1-38-18-12-8-16(9-13-18)32-27(35)23-22(24-26(31-29(37)41-24)40-25(23)28(32)36)19-4-2-3-5-20(19)39-14-21(34)30-15-6-10-17(33)11-7-15/h2-13,22-23,25,33H,14H2,1H3,(H,30,34)(H,31,37)/t22-,23?,25?/m1/s1. The zero-order valence-corrected chi connectivity index (χ0v) is 23.2. The molecule has 3 aromatic carbocycles. The maximum absolute atomic E-state index is 14.0. The van der Waals surface area contributed by atoms with Gasteiger partial charge in [-0.05, 0) is 54.6 Å². The first-order valence-electron chi connectivity index (χ1n) is 12.6. The average Bonchev–Trinajstić information content (AvgIpc) is 3.47. The Morgan fingerprint density at radius 3 is 2.46 bits per heavy atom. The molecule has 2 unspecified atom stereocenters. The van der Waals surface area contributed by atoms with Crippen LogP contribution in [0.25, 0.3) is 0 Å². The summed E-state index contributed by atoms with van der Waals surface area (Å²) in [7, 11) is 1.53. The van der Waals surface area contributed by atoms with Gasteiger partial charge in [-0.25, -0.2) is 4.90 Å². The van der Waals surface area contributed by atoms with E-state index in [9.17, 15) is 24.3 Å². The molecule has 10 nitrogen and oxygen atoms in total. The van der Waals surface area contributed by atoms with Gasteiger partial charge in [0.15, 0.2) is 6.61 Å². The van der Waals surface area contributed by atoms with E-state index in [4.69, 9.17) is 9.47 Å². The Morgan fingerprint density at radius 2 is 1.73 bits per heavy atom. The van der Waals surface area contributed by atoms with Crippen LogP contribution in [0.15, 0.2) is 82.6 Å². The average molecular weight is 590 g/mol. The fraction of sp³-hybridized carbons (Fsp3) is 0.172. The summed E-state index contributed by atoms with van der Waals surface area (Å²) in [5, 5.41) is 11.9. The SMILES string of the molecule is COc1ccc(N2C(=O)C3Sc4[nH]c(=O)sc4[C@H](c4ccccc4OCC(=O)Nc4ccc(O)cc4)C3C2=O)cc1. The van der Waals surface area contributed by atoms with E-state index in [-0.39, 0.29) is 29.0 Å². The Kier molecular flexibility index (Phi) is 7.01. The van der Waals surface area contributed by atoms with Crippen molar-refractivity contribution in [3.8, 4) is 17.2 Å². The first-order chi connectivity index (χ1) is 19.8. The Balaban J connectivity index is 1.33. The minimum Gasteiger partial charge on any atom is -0.508 e. The van der Waals surface area contributed by atoms with Crippen molar-refractivity contribution in [1.82, 2.24) is 4.98 Å². The molecule has 0 bridgehead atoms. The molecule has 3 atom stereocenters. The molecule has 0 spiro atoms. The van der Waals surface area contributed by atoms with Gasteiger partial charge < -0.3 is 24.9 Å². The minimum atomic E-state index is -0.802. The van der Waals surface area contributed by atoms with E-state index in [0.29, 0.717) is 38.3 Å². The van der Waals surface area contributed by atoms with Crippen LogP contribution in [0.1, 0.15) is 16.4 Å². The second-order valence-electron chi connectivity index (χ2n) is 9.38. The molecular formula is C29H23N3O7S2. The highest BCUT2D eigenvalue weighted by Gasteiger charge is 2.56. The van der Waals surface area contributed by atoms with E-state index in [1.54, 1.807) is 60.7 Å². The van der Waals surface area contributed by atoms with Gasteiger partial charge in [-0.15, -0.1) is 0 Å². The van der Waals surface area contributed by atoms with Crippen molar-refractivity contribution >= 4 is 52.2 Å². The highest BCUT2D eigenvalue weighted by molar-refractivity contribution is 8.00. The third-order valence-electron chi connectivity index (χ3n) is 6.92. The monoisotopic (exact) mass is 589 g/mol. The van der Waals surface area contributed by atoms with Crippen LogP contribution in [0, 0.1) is 5.92 Å². The van der Waals surface area contributed by atoms with Gasteiger partial charge in [0.1, 0.15) is 22.5 Å². The first kappa shape index (κ1) is 26.7. The molecule has 3 N–H and O–H groups in total. The minimum absolute atomic E-state index is 0.0778. The number of thioether (sulfide) groups is 1. The highest BCUT2D eigenvalue weighted by atomic mass is 32.2. The normalized spacial score (nSPS) is 19.4. The molecular weight excluding hydrogens is 566 g/mol. The third kappa shape index (κ3) is 4.96. The summed E-state index contributed by atoms with van der Waals surface area (Å²) in [6.45, 7) is -0.325. The maximum atomic E-state index is 14.0. The van der Waals surface area contributed by atoms with Crippen LogP contribution in [0.2, 0.25) is 0 Å². The van der Waals surface area contributed by atoms with Gasteiger partial charge in [-0.1, -0.05) is 41.3 Å². The molecule has 0 saturated carbocycles. The maximum Gasteiger partial charge on any atom is 0.305 e. The number of aromatic amines is 1. The van der Waals surface area contributed by atoms with E-state index in [1.165, 1.54) is 35.9 Å². The number of phenolic OH excluding ortho intramolecular Hbond substituents is 1. The molecule has 0 radical (unpaired) electrons. The third-order valence-corrected chi connectivity index (χ3v) is 9.32. The quantitative estimate of drug-likeness (QED) is 0.218. The number of methoxy groups -OCH3 is 1. The smallest absolute Gasteiger partial charge is 0.305 e. The van der Waals surface area contributed by atoms with Gasteiger partial charge in [0.25, 0.3) is 5.91 Å². The lowest BCUT2D eigenvalue weighted by molar-refractivity contribution is -0.122. The van der Waals surface area contributed by atoms with E-state index < -0.39 is 23.0 Å². The van der Waals surface area contributed by atoms with Crippen molar-refractivity contribution in [3.63, 3.8) is 0 Å². The number of anilines is 2. The van der Waals surface area contributed by atoms with Gasteiger partial charge in [-0.2, -0.15) is 0 Å². The van der Waals surface area contributed by atoms with Crippen molar-refractivity contribution in [1.29, 1.82) is 0 Å². The number of nitrogens with zero attached hydrogens (tertiary/aromatic N) is 1. The lowest BCUT2D eigenvalue weighted by Crippen LogP contribution is -2.32. The Morgan fingerprint density at radius 1 is 1.00 bits per heavy atom. The summed E-state index contributed by atoms with van der Waals surface area (Å²) in [6, 6.07) is 19.7. The number of aromatic hydroxyl groups is 1. The topological polar surface area (TPSA) is 138 Å². The summed E-state index contributed by atoms with van der Waals surface area (Å²) in [6.07, 6.45) is 0. The summed E-state index contributed by atoms with van der Waals surface area (Å²) in [5.41, 5.74) is 1.52. The number of thiazole rings is 1. The second kappa shape index (κ2) is 10.8. The summed E-state index contributed by atoms with van der Waals surface area (Å²) < 4.78 is 11.2. The van der Waals surface area contributed by atoms with Crippen LogP contribution < -0.4 is 24.6 Å². The molecule has 0 aliphatic carbocycles. The Bertz CT molecular complexity index is 1700. The van der Waals surface area contributed by atoms with E-state index in [0.717, 1.165) is 11.3 Å². The molecule has 1 aromatic heterocycles. The van der Waals surface area contributed by atoms with Crippen LogP contribution >= 0.6 is 23.1 Å².